The van der Waals surface area contributed by atoms with Crippen LogP contribution in [-0.4, -0.2) is 10.7 Å². The van der Waals surface area contributed by atoms with Gasteiger partial charge in [-0.05, 0) is 43.2 Å². The molecule has 0 atom stereocenters. The van der Waals surface area contributed by atoms with Crippen molar-refractivity contribution in [1.29, 1.82) is 5.26 Å². The van der Waals surface area contributed by atoms with E-state index in [-0.39, 0.29) is 0 Å². The Kier molecular flexibility index (Phi) is 3.86. The molecule has 1 N–H and O–H groups in total. The third-order valence-electron chi connectivity index (χ3n) is 3.28. The first kappa shape index (κ1) is 14.2. The zero-order valence-corrected chi connectivity index (χ0v) is 13.1. The lowest BCUT2D eigenvalue weighted by atomic mass is 10.1. The maximum atomic E-state index is 9.35. The lowest BCUT2D eigenvalue weighted by Gasteiger charge is -2.05. The number of hydrogen-bond donors (Lipinski definition) is 1. The molecule has 0 aliphatic heterocycles. The monoisotopic (exact) mass is 306 g/mol. The standard InChI is InChI=1S/C17H14N4S/c1-11-7-8-12(2)14(9-11)20-21-15(10-18)17-19-13-5-3-4-6-16(13)22-17/h3-9,20H,1-2H3. The van der Waals surface area contributed by atoms with Crippen LogP contribution in [0.3, 0.4) is 0 Å². The second-order valence-corrected chi connectivity index (χ2v) is 6.02. The van der Waals surface area contributed by atoms with Gasteiger partial charge in [-0.15, -0.1) is 11.3 Å². The molecule has 0 saturated heterocycles. The van der Waals surface area contributed by atoms with Crippen LogP contribution in [0.25, 0.3) is 10.2 Å². The highest BCUT2D eigenvalue weighted by molar-refractivity contribution is 7.20. The summed E-state index contributed by atoms with van der Waals surface area (Å²) in [5.41, 5.74) is 7.28. The summed E-state index contributed by atoms with van der Waals surface area (Å²) in [7, 11) is 0. The Hall–Kier alpha value is -2.71. The average Bonchev–Trinajstić information content (AvgIpc) is 2.95. The number of aryl methyl sites for hydroxylation is 2. The third-order valence-corrected chi connectivity index (χ3v) is 4.33. The van der Waals surface area contributed by atoms with E-state index in [0.717, 1.165) is 27.0 Å². The highest BCUT2D eigenvalue weighted by Crippen LogP contribution is 2.22. The molecule has 1 aromatic heterocycles. The van der Waals surface area contributed by atoms with Crippen molar-refractivity contribution < 1.29 is 0 Å². The van der Waals surface area contributed by atoms with E-state index in [1.165, 1.54) is 11.3 Å². The average molecular weight is 306 g/mol. The van der Waals surface area contributed by atoms with Gasteiger partial charge in [-0.2, -0.15) is 10.4 Å². The van der Waals surface area contributed by atoms with Crippen molar-refractivity contribution in [1.82, 2.24) is 4.98 Å². The fourth-order valence-corrected chi connectivity index (χ4v) is 2.97. The van der Waals surface area contributed by atoms with E-state index in [2.05, 4.69) is 21.6 Å². The number of hydrogen-bond acceptors (Lipinski definition) is 5. The largest absolute Gasteiger partial charge is 0.277 e. The number of rotatable bonds is 3. The topological polar surface area (TPSA) is 61.1 Å². The maximum Gasteiger partial charge on any atom is 0.196 e. The van der Waals surface area contributed by atoms with E-state index in [9.17, 15) is 5.26 Å². The van der Waals surface area contributed by atoms with Crippen LogP contribution in [-0.2, 0) is 0 Å². The van der Waals surface area contributed by atoms with E-state index >= 15 is 0 Å². The van der Waals surface area contributed by atoms with E-state index < -0.39 is 0 Å². The number of para-hydroxylation sites is 1. The lowest BCUT2D eigenvalue weighted by Crippen LogP contribution is -2.02. The van der Waals surface area contributed by atoms with Crippen LogP contribution in [0.5, 0.6) is 0 Å². The fraction of sp³-hybridized carbons (Fsp3) is 0.118. The zero-order valence-electron chi connectivity index (χ0n) is 12.3. The molecule has 22 heavy (non-hydrogen) atoms. The van der Waals surface area contributed by atoms with Gasteiger partial charge in [0.1, 0.15) is 6.07 Å². The van der Waals surface area contributed by atoms with Gasteiger partial charge >= 0.3 is 0 Å². The minimum atomic E-state index is 0.294. The quantitative estimate of drug-likeness (QED) is 0.581. The molecule has 3 aromatic rings. The smallest absolute Gasteiger partial charge is 0.196 e. The summed E-state index contributed by atoms with van der Waals surface area (Å²) in [5, 5.41) is 14.2. The van der Waals surface area contributed by atoms with Crippen molar-refractivity contribution in [2.45, 2.75) is 13.8 Å². The van der Waals surface area contributed by atoms with Crippen LogP contribution < -0.4 is 5.43 Å². The molecule has 4 nitrogen and oxygen atoms in total. The van der Waals surface area contributed by atoms with Crippen LogP contribution in [0.4, 0.5) is 5.69 Å². The van der Waals surface area contributed by atoms with Gasteiger partial charge in [0, 0.05) is 0 Å². The van der Waals surface area contributed by atoms with Gasteiger partial charge < -0.3 is 0 Å². The van der Waals surface area contributed by atoms with E-state index in [4.69, 9.17) is 0 Å². The van der Waals surface area contributed by atoms with Crippen molar-refractivity contribution in [2.24, 2.45) is 5.10 Å². The molecular formula is C17H14N4S. The Labute approximate surface area is 132 Å². The van der Waals surface area contributed by atoms with Crippen LogP contribution in [0, 0.1) is 25.2 Å². The molecule has 0 saturated carbocycles. The van der Waals surface area contributed by atoms with Crippen molar-refractivity contribution in [3.05, 3.63) is 58.6 Å². The molecule has 108 valence electrons. The van der Waals surface area contributed by atoms with Crippen LogP contribution >= 0.6 is 11.3 Å². The molecule has 0 bridgehead atoms. The zero-order chi connectivity index (χ0) is 15.5. The third kappa shape index (κ3) is 2.83. The summed E-state index contributed by atoms with van der Waals surface area (Å²) in [5.74, 6) is 0. The summed E-state index contributed by atoms with van der Waals surface area (Å²) in [6.07, 6.45) is 0. The molecular weight excluding hydrogens is 292 g/mol. The van der Waals surface area contributed by atoms with Gasteiger partial charge in [0.2, 0.25) is 0 Å². The fourth-order valence-electron chi connectivity index (χ4n) is 2.07. The molecule has 2 aromatic carbocycles. The van der Waals surface area contributed by atoms with Gasteiger partial charge in [-0.1, -0.05) is 24.3 Å². The Morgan fingerprint density at radius 3 is 2.82 bits per heavy atom. The summed E-state index contributed by atoms with van der Waals surface area (Å²) in [6, 6.07) is 16.0. The highest BCUT2D eigenvalue weighted by atomic mass is 32.1. The molecule has 1 heterocycles. The van der Waals surface area contributed by atoms with Gasteiger partial charge in [-0.25, -0.2) is 4.98 Å². The normalized spacial score (nSPS) is 11.4. The van der Waals surface area contributed by atoms with Crippen molar-refractivity contribution in [3.63, 3.8) is 0 Å². The van der Waals surface area contributed by atoms with E-state index in [1.807, 2.05) is 56.3 Å². The Bertz CT molecular complexity index is 869. The Balaban J connectivity index is 1.93. The molecule has 5 heteroatoms. The number of fused-ring (bicyclic) bond motifs is 1. The second kappa shape index (κ2) is 5.96. The molecule has 0 unspecified atom stereocenters. The summed E-state index contributed by atoms with van der Waals surface area (Å²) in [4.78, 5) is 4.46. The maximum absolute atomic E-state index is 9.35. The minimum absolute atomic E-state index is 0.294. The second-order valence-electron chi connectivity index (χ2n) is 4.99. The number of hydrazone groups is 1. The molecule has 0 aliphatic rings. The predicted molar refractivity (Wildman–Crippen MR) is 91.3 cm³/mol. The van der Waals surface area contributed by atoms with Crippen LogP contribution in [0.2, 0.25) is 0 Å². The van der Waals surface area contributed by atoms with Gasteiger partial charge in [0.05, 0.1) is 15.9 Å². The van der Waals surface area contributed by atoms with Gasteiger partial charge in [0.15, 0.2) is 10.7 Å². The predicted octanol–water partition coefficient (Wildman–Crippen LogP) is 4.25. The minimum Gasteiger partial charge on any atom is -0.277 e. The number of nitriles is 1. The van der Waals surface area contributed by atoms with Gasteiger partial charge in [-0.3, -0.25) is 5.43 Å². The number of nitrogens with one attached hydrogen (secondary N) is 1. The molecule has 0 fully saturated rings. The molecule has 0 spiro atoms. The first-order valence-electron chi connectivity index (χ1n) is 6.84. The van der Waals surface area contributed by atoms with Gasteiger partial charge in [0.25, 0.3) is 0 Å². The van der Waals surface area contributed by atoms with Crippen LogP contribution in [0.15, 0.2) is 47.6 Å². The number of nitrogens with zero attached hydrogens (tertiary/aromatic N) is 3. The van der Waals surface area contributed by atoms with Crippen molar-refractivity contribution >= 4 is 33.0 Å². The molecule has 0 amide bonds. The van der Waals surface area contributed by atoms with Crippen molar-refractivity contribution in [3.8, 4) is 6.07 Å². The first-order chi connectivity index (χ1) is 10.7. The number of anilines is 1. The lowest BCUT2D eigenvalue weighted by molar-refractivity contribution is 1.28. The summed E-state index contributed by atoms with van der Waals surface area (Å²) >= 11 is 1.47. The van der Waals surface area contributed by atoms with Crippen LogP contribution in [0.1, 0.15) is 16.1 Å². The van der Waals surface area contributed by atoms with E-state index in [1.54, 1.807) is 0 Å². The highest BCUT2D eigenvalue weighted by Gasteiger charge is 2.10. The Morgan fingerprint density at radius 2 is 2.05 bits per heavy atom. The molecule has 0 aliphatic carbocycles. The number of aromatic nitrogens is 1. The SMILES string of the molecule is Cc1ccc(C)c(NN=C(C#N)c2nc3ccccc3s2)c1. The number of benzene rings is 2. The molecule has 3 rings (SSSR count). The first-order valence-corrected chi connectivity index (χ1v) is 7.66. The summed E-state index contributed by atoms with van der Waals surface area (Å²) < 4.78 is 1.05. The Morgan fingerprint density at radius 1 is 1.23 bits per heavy atom. The number of thiazole rings is 1. The van der Waals surface area contributed by atoms with Crippen molar-refractivity contribution in [2.75, 3.05) is 5.43 Å². The summed E-state index contributed by atoms with van der Waals surface area (Å²) in [6.45, 7) is 4.02. The van der Waals surface area contributed by atoms with E-state index in [0.29, 0.717) is 10.7 Å². The molecule has 0 radical (unpaired) electrons.